The Hall–Kier alpha value is -2.04. The Morgan fingerprint density at radius 2 is 2.09 bits per heavy atom. The smallest absolute Gasteiger partial charge is 0.119 e. The van der Waals surface area contributed by atoms with Gasteiger partial charge in [0.1, 0.15) is 5.75 Å². The van der Waals surface area contributed by atoms with E-state index in [1.165, 1.54) is 5.56 Å². The Kier molecular flexibility index (Phi) is 4.84. The molecule has 5 heteroatoms. The summed E-state index contributed by atoms with van der Waals surface area (Å²) in [5, 5.41) is 7.51. The molecule has 23 heavy (non-hydrogen) atoms. The van der Waals surface area contributed by atoms with Crippen molar-refractivity contribution in [1.82, 2.24) is 0 Å². The van der Waals surface area contributed by atoms with Crippen molar-refractivity contribution in [2.45, 2.75) is 18.9 Å². The van der Waals surface area contributed by atoms with Crippen LogP contribution in [-0.4, -0.2) is 19.4 Å². The van der Waals surface area contributed by atoms with Gasteiger partial charge in [-0.3, -0.25) is 5.01 Å². The summed E-state index contributed by atoms with van der Waals surface area (Å²) in [5.74, 6) is 0.848. The Labute approximate surface area is 141 Å². The number of nitrogens with zero attached hydrogens (tertiary/aromatic N) is 2. The molecule has 0 amide bonds. The van der Waals surface area contributed by atoms with E-state index in [9.17, 15) is 0 Å². The van der Waals surface area contributed by atoms with Crippen molar-refractivity contribution >= 4 is 23.0 Å². The van der Waals surface area contributed by atoms with Crippen LogP contribution < -0.4 is 15.5 Å². The van der Waals surface area contributed by atoms with E-state index in [1.807, 2.05) is 41.4 Å². The second-order valence-electron chi connectivity index (χ2n) is 5.53. The van der Waals surface area contributed by atoms with Crippen LogP contribution in [0.1, 0.15) is 24.4 Å². The summed E-state index contributed by atoms with van der Waals surface area (Å²) in [6, 6.07) is 16.0. The first kappa shape index (κ1) is 15.8. The van der Waals surface area contributed by atoms with Gasteiger partial charge in [-0.05, 0) is 48.9 Å². The first-order valence-corrected chi connectivity index (χ1v) is 8.04. The lowest BCUT2D eigenvalue weighted by atomic mass is 10.00. The van der Waals surface area contributed by atoms with Gasteiger partial charge in [0.25, 0.3) is 0 Å². The van der Waals surface area contributed by atoms with E-state index in [4.69, 9.17) is 27.2 Å². The van der Waals surface area contributed by atoms with Gasteiger partial charge in [-0.25, -0.2) is 0 Å². The summed E-state index contributed by atoms with van der Waals surface area (Å²) in [7, 11) is 1.68. The summed E-state index contributed by atoms with van der Waals surface area (Å²) in [4.78, 5) is 0. The summed E-state index contributed by atoms with van der Waals surface area (Å²) < 4.78 is 5.35. The number of anilines is 1. The molecule has 4 nitrogen and oxygen atoms in total. The van der Waals surface area contributed by atoms with E-state index in [0.29, 0.717) is 11.6 Å². The fourth-order valence-electron chi connectivity index (χ4n) is 2.86. The van der Waals surface area contributed by atoms with E-state index < -0.39 is 0 Å². The molecule has 1 atom stereocenters. The zero-order valence-corrected chi connectivity index (χ0v) is 13.8. The van der Waals surface area contributed by atoms with Gasteiger partial charge in [-0.1, -0.05) is 29.8 Å². The minimum absolute atomic E-state index is 0.130. The lowest BCUT2D eigenvalue weighted by Gasteiger charge is -2.24. The molecule has 0 spiro atoms. The van der Waals surface area contributed by atoms with Crippen LogP contribution in [0.5, 0.6) is 5.75 Å². The van der Waals surface area contributed by atoms with Crippen LogP contribution in [0, 0.1) is 0 Å². The van der Waals surface area contributed by atoms with Crippen molar-refractivity contribution in [3.63, 3.8) is 0 Å². The number of nitrogens with two attached hydrogens (primary N) is 1. The quantitative estimate of drug-likeness (QED) is 0.901. The molecule has 2 aromatic rings. The predicted octanol–water partition coefficient (Wildman–Crippen LogP) is 4.00. The zero-order chi connectivity index (χ0) is 16.2. The number of benzene rings is 2. The van der Waals surface area contributed by atoms with Crippen LogP contribution >= 0.6 is 11.6 Å². The fraction of sp³-hybridized carbons (Fsp3) is 0.278. The molecule has 120 valence electrons. The number of hydrogen-bond acceptors (Lipinski definition) is 4. The van der Waals surface area contributed by atoms with E-state index >= 15 is 0 Å². The van der Waals surface area contributed by atoms with Crippen molar-refractivity contribution < 1.29 is 4.74 Å². The minimum Gasteiger partial charge on any atom is -0.497 e. The van der Waals surface area contributed by atoms with Gasteiger partial charge in [0.2, 0.25) is 0 Å². The third kappa shape index (κ3) is 3.49. The minimum atomic E-state index is 0.130. The molecule has 0 radical (unpaired) electrons. The van der Waals surface area contributed by atoms with Gasteiger partial charge < -0.3 is 10.5 Å². The maximum absolute atomic E-state index is 6.15. The molecule has 1 aliphatic heterocycles. The highest BCUT2D eigenvalue weighted by Gasteiger charge is 2.29. The van der Waals surface area contributed by atoms with Crippen LogP contribution in [0.3, 0.4) is 0 Å². The average Bonchev–Trinajstić information content (AvgIpc) is 2.99. The first-order valence-electron chi connectivity index (χ1n) is 7.66. The molecule has 0 bridgehead atoms. The van der Waals surface area contributed by atoms with Crippen LogP contribution in [0.2, 0.25) is 5.02 Å². The lowest BCUT2D eigenvalue weighted by molar-refractivity contribution is 0.414. The Morgan fingerprint density at radius 3 is 2.83 bits per heavy atom. The van der Waals surface area contributed by atoms with E-state index in [2.05, 4.69) is 12.1 Å². The first-order chi connectivity index (χ1) is 11.2. The number of rotatable bonds is 5. The molecule has 1 unspecified atom stereocenters. The van der Waals surface area contributed by atoms with E-state index in [0.717, 1.165) is 30.0 Å². The standard InChI is InChI=1S/C18H20ClN3O/c1-23-17-7-2-4-13(10-17)18-12-15(8-9-20)21-22(18)16-6-3-5-14(19)11-16/h2-7,10-11,18H,8-9,12,20H2,1H3. The highest BCUT2D eigenvalue weighted by Crippen LogP contribution is 2.37. The number of methoxy groups -OCH3 is 1. The highest BCUT2D eigenvalue weighted by atomic mass is 35.5. The maximum atomic E-state index is 6.15. The second kappa shape index (κ2) is 7.02. The molecule has 0 saturated heterocycles. The number of halogens is 1. The van der Waals surface area contributed by atoms with Gasteiger partial charge in [-0.2, -0.15) is 5.10 Å². The highest BCUT2D eigenvalue weighted by molar-refractivity contribution is 6.30. The molecule has 3 rings (SSSR count). The Bertz CT molecular complexity index is 717. The van der Waals surface area contributed by atoms with Crippen LogP contribution in [0.15, 0.2) is 53.6 Å². The van der Waals surface area contributed by atoms with E-state index in [1.54, 1.807) is 7.11 Å². The monoisotopic (exact) mass is 329 g/mol. The summed E-state index contributed by atoms with van der Waals surface area (Å²) in [6.45, 7) is 0.604. The normalized spacial score (nSPS) is 17.3. The van der Waals surface area contributed by atoms with Crippen molar-refractivity contribution in [1.29, 1.82) is 0 Å². The molecule has 1 aliphatic rings. The van der Waals surface area contributed by atoms with Crippen LogP contribution in [0.4, 0.5) is 5.69 Å². The van der Waals surface area contributed by atoms with Gasteiger partial charge in [-0.15, -0.1) is 0 Å². The predicted molar refractivity (Wildman–Crippen MR) is 95.4 cm³/mol. The van der Waals surface area contributed by atoms with Crippen molar-refractivity contribution in [3.05, 3.63) is 59.1 Å². The zero-order valence-electron chi connectivity index (χ0n) is 13.1. The average molecular weight is 330 g/mol. The Morgan fingerprint density at radius 1 is 1.26 bits per heavy atom. The summed E-state index contributed by atoms with van der Waals surface area (Å²) in [5.41, 5.74) is 8.97. The van der Waals surface area contributed by atoms with Crippen LogP contribution in [-0.2, 0) is 0 Å². The molecule has 2 aromatic carbocycles. The van der Waals surface area contributed by atoms with Gasteiger partial charge in [0.05, 0.1) is 18.8 Å². The third-order valence-electron chi connectivity index (χ3n) is 3.96. The van der Waals surface area contributed by atoms with Crippen molar-refractivity contribution in [2.24, 2.45) is 10.8 Å². The summed E-state index contributed by atoms with van der Waals surface area (Å²) in [6.07, 6.45) is 1.66. The molecular weight excluding hydrogens is 310 g/mol. The van der Waals surface area contributed by atoms with Crippen LogP contribution in [0.25, 0.3) is 0 Å². The number of ether oxygens (including phenoxy) is 1. The molecule has 0 saturated carbocycles. The topological polar surface area (TPSA) is 50.9 Å². The molecule has 2 N–H and O–H groups in total. The largest absolute Gasteiger partial charge is 0.497 e. The summed E-state index contributed by atoms with van der Waals surface area (Å²) >= 11 is 6.15. The number of hydrazone groups is 1. The number of hydrogen-bond donors (Lipinski definition) is 1. The fourth-order valence-corrected chi connectivity index (χ4v) is 3.04. The van der Waals surface area contributed by atoms with Gasteiger partial charge in [0.15, 0.2) is 0 Å². The molecule has 1 heterocycles. The second-order valence-corrected chi connectivity index (χ2v) is 5.96. The molecule has 0 aliphatic carbocycles. The van der Waals surface area contributed by atoms with Gasteiger partial charge in [0, 0.05) is 17.2 Å². The Balaban J connectivity index is 1.97. The molecule has 0 fully saturated rings. The van der Waals surface area contributed by atoms with Gasteiger partial charge >= 0.3 is 0 Å². The van der Waals surface area contributed by atoms with E-state index in [-0.39, 0.29) is 6.04 Å². The SMILES string of the molecule is COc1cccc(C2CC(CCN)=NN2c2cccc(Cl)c2)c1. The maximum Gasteiger partial charge on any atom is 0.119 e. The van der Waals surface area contributed by atoms with Crippen molar-refractivity contribution in [2.75, 3.05) is 18.7 Å². The third-order valence-corrected chi connectivity index (χ3v) is 4.19. The van der Waals surface area contributed by atoms with Crippen molar-refractivity contribution in [3.8, 4) is 5.75 Å². The molecular formula is C18H20ClN3O. The lowest BCUT2D eigenvalue weighted by Crippen LogP contribution is -2.18. The molecule has 0 aromatic heterocycles.